The summed E-state index contributed by atoms with van der Waals surface area (Å²) in [6.45, 7) is 6.36. The van der Waals surface area contributed by atoms with Crippen LogP contribution >= 0.6 is 0 Å². The van der Waals surface area contributed by atoms with E-state index in [2.05, 4.69) is 22.9 Å². The molecule has 2 fully saturated rings. The van der Waals surface area contributed by atoms with Crippen molar-refractivity contribution in [3.63, 3.8) is 0 Å². The Bertz CT molecular complexity index is 874. The van der Waals surface area contributed by atoms with Crippen molar-refractivity contribution in [2.75, 3.05) is 6.61 Å². The summed E-state index contributed by atoms with van der Waals surface area (Å²) in [5.74, 6) is 1.94. The molecule has 5 nitrogen and oxygen atoms in total. The Morgan fingerprint density at radius 2 is 2.10 bits per heavy atom. The van der Waals surface area contributed by atoms with E-state index in [0.717, 1.165) is 47.4 Å². The lowest BCUT2D eigenvalue weighted by Gasteiger charge is -2.48. The van der Waals surface area contributed by atoms with E-state index in [9.17, 15) is 9.90 Å². The van der Waals surface area contributed by atoms with Crippen LogP contribution in [-0.4, -0.2) is 45.7 Å². The Morgan fingerprint density at radius 3 is 2.87 bits per heavy atom. The summed E-state index contributed by atoms with van der Waals surface area (Å²) in [5.41, 5.74) is 2.19. The summed E-state index contributed by atoms with van der Waals surface area (Å²) in [4.78, 5) is 19.0. The van der Waals surface area contributed by atoms with Crippen LogP contribution in [0.5, 0.6) is 5.75 Å². The van der Waals surface area contributed by atoms with Gasteiger partial charge in [-0.3, -0.25) is 4.79 Å². The average molecular weight is 413 g/mol. The Labute approximate surface area is 179 Å². The van der Waals surface area contributed by atoms with E-state index in [1.165, 1.54) is 12.8 Å². The zero-order valence-corrected chi connectivity index (χ0v) is 18.6. The third-order valence-corrected chi connectivity index (χ3v) is 6.97. The van der Waals surface area contributed by atoms with Crippen LogP contribution in [0.1, 0.15) is 77.2 Å². The van der Waals surface area contributed by atoms with Crippen LogP contribution in [0.2, 0.25) is 0 Å². The van der Waals surface area contributed by atoms with Gasteiger partial charge in [-0.15, -0.1) is 0 Å². The van der Waals surface area contributed by atoms with Gasteiger partial charge in [0.25, 0.3) is 0 Å². The van der Waals surface area contributed by atoms with E-state index >= 15 is 0 Å². The number of aliphatic hydroxyl groups excluding tert-OH is 1. The molecule has 4 rings (SSSR count). The quantitative estimate of drug-likeness (QED) is 0.673. The van der Waals surface area contributed by atoms with Crippen LogP contribution < -0.4 is 4.74 Å². The zero-order valence-electron chi connectivity index (χ0n) is 18.6. The fourth-order valence-electron chi connectivity index (χ4n) is 5.73. The van der Waals surface area contributed by atoms with Crippen molar-refractivity contribution < 1.29 is 14.6 Å². The number of fused-ring (bicyclic) bond motifs is 3. The molecule has 2 N–H and O–H groups in total. The SMILES string of the molecule is CC(C)Oc1cccc2[nH]cc(C(C)CC(=O)N3C(CCO)CC4CCCC3C4)c12. The van der Waals surface area contributed by atoms with Crippen LogP contribution in [0, 0.1) is 5.92 Å². The lowest BCUT2D eigenvalue weighted by molar-refractivity contribution is -0.142. The van der Waals surface area contributed by atoms with Gasteiger partial charge in [-0.25, -0.2) is 0 Å². The van der Waals surface area contributed by atoms with Crippen LogP contribution in [0.15, 0.2) is 24.4 Å². The molecular weight excluding hydrogens is 376 g/mol. The molecule has 2 aromatic rings. The van der Waals surface area contributed by atoms with Gasteiger partial charge < -0.3 is 19.7 Å². The summed E-state index contributed by atoms with van der Waals surface area (Å²) >= 11 is 0. The predicted molar refractivity (Wildman–Crippen MR) is 120 cm³/mol. The topological polar surface area (TPSA) is 65.6 Å². The Hall–Kier alpha value is -2.01. The number of hydrogen-bond acceptors (Lipinski definition) is 3. The third-order valence-electron chi connectivity index (χ3n) is 6.97. The Morgan fingerprint density at radius 1 is 1.27 bits per heavy atom. The molecular formula is C25H36N2O3. The largest absolute Gasteiger partial charge is 0.490 e. The number of nitrogens with one attached hydrogen (secondary N) is 1. The number of carbonyl (C=O) groups is 1. The second kappa shape index (κ2) is 9.01. The second-order valence-corrected chi connectivity index (χ2v) is 9.58. The number of aromatic nitrogens is 1. The fraction of sp³-hybridized carbons (Fsp3) is 0.640. The first kappa shape index (κ1) is 21.2. The third kappa shape index (κ3) is 4.22. The van der Waals surface area contributed by atoms with E-state index in [0.29, 0.717) is 18.9 Å². The normalized spacial score (nSPS) is 25.0. The summed E-state index contributed by atoms with van der Waals surface area (Å²) in [6.07, 6.45) is 9.13. The Kier molecular flexibility index (Phi) is 6.37. The van der Waals surface area contributed by atoms with Gasteiger partial charge in [-0.05, 0) is 69.1 Å². The highest BCUT2D eigenvalue weighted by atomic mass is 16.5. The first-order valence-corrected chi connectivity index (χ1v) is 11.7. The number of amides is 1. The number of hydrogen-bond donors (Lipinski definition) is 2. The summed E-state index contributed by atoms with van der Waals surface area (Å²) in [7, 11) is 0. The molecule has 1 saturated carbocycles. The molecule has 1 aromatic carbocycles. The molecule has 164 valence electrons. The van der Waals surface area contributed by atoms with E-state index in [-0.39, 0.29) is 30.6 Å². The van der Waals surface area contributed by atoms with Crippen LogP contribution in [0.3, 0.4) is 0 Å². The van der Waals surface area contributed by atoms with Crippen LogP contribution in [-0.2, 0) is 4.79 Å². The number of likely N-dealkylation sites (tertiary alicyclic amines) is 1. The first-order valence-electron chi connectivity index (χ1n) is 11.7. The van der Waals surface area contributed by atoms with Crippen molar-refractivity contribution in [1.29, 1.82) is 0 Å². The van der Waals surface area contributed by atoms with Gasteiger partial charge in [0.15, 0.2) is 0 Å². The molecule has 1 aromatic heterocycles. The van der Waals surface area contributed by atoms with E-state index < -0.39 is 0 Å². The molecule has 1 amide bonds. The van der Waals surface area contributed by atoms with E-state index in [4.69, 9.17) is 4.74 Å². The highest BCUT2D eigenvalue weighted by Crippen LogP contribution is 2.40. The maximum atomic E-state index is 13.5. The molecule has 4 unspecified atom stereocenters. The maximum Gasteiger partial charge on any atom is 0.223 e. The molecule has 1 aliphatic heterocycles. The predicted octanol–water partition coefficient (Wildman–Crippen LogP) is 4.99. The van der Waals surface area contributed by atoms with E-state index in [1.807, 2.05) is 32.2 Å². The molecule has 1 saturated heterocycles. The monoisotopic (exact) mass is 412 g/mol. The van der Waals surface area contributed by atoms with Crippen molar-refractivity contribution in [1.82, 2.24) is 9.88 Å². The number of piperidine rings is 1. The summed E-state index contributed by atoms with van der Waals surface area (Å²) < 4.78 is 6.06. The molecule has 0 radical (unpaired) electrons. The Balaban J connectivity index is 1.56. The van der Waals surface area contributed by atoms with Gasteiger partial charge in [-0.2, -0.15) is 0 Å². The number of benzene rings is 1. The van der Waals surface area contributed by atoms with Gasteiger partial charge in [0.05, 0.1) is 6.10 Å². The van der Waals surface area contributed by atoms with Gasteiger partial charge in [0, 0.05) is 42.2 Å². The minimum Gasteiger partial charge on any atom is -0.490 e. The minimum absolute atomic E-state index is 0.0965. The molecule has 2 aliphatic rings. The molecule has 0 spiro atoms. The molecule has 2 bridgehead atoms. The van der Waals surface area contributed by atoms with Crippen molar-refractivity contribution in [2.45, 2.75) is 89.8 Å². The first-order chi connectivity index (χ1) is 14.5. The summed E-state index contributed by atoms with van der Waals surface area (Å²) in [6, 6.07) is 6.63. The maximum absolute atomic E-state index is 13.5. The number of aromatic amines is 1. The van der Waals surface area contributed by atoms with Gasteiger partial charge >= 0.3 is 0 Å². The van der Waals surface area contributed by atoms with Crippen molar-refractivity contribution in [2.24, 2.45) is 5.92 Å². The molecule has 1 aliphatic carbocycles. The van der Waals surface area contributed by atoms with E-state index in [1.54, 1.807) is 0 Å². The van der Waals surface area contributed by atoms with Gasteiger partial charge in [0.1, 0.15) is 5.75 Å². The van der Waals surface area contributed by atoms with Crippen molar-refractivity contribution >= 4 is 16.8 Å². The highest BCUT2D eigenvalue weighted by Gasteiger charge is 2.40. The molecule has 2 heterocycles. The fourth-order valence-corrected chi connectivity index (χ4v) is 5.73. The number of nitrogens with zero attached hydrogens (tertiary/aromatic N) is 1. The van der Waals surface area contributed by atoms with Crippen LogP contribution in [0.4, 0.5) is 0 Å². The molecule has 5 heteroatoms. The standard InChI is InChI=1S/C25H36N2O3/c1-16(2)30-23-9-5-8-22-25(23)21(15-26-22)17(3)12-24(29)27-19-7-4-6-18(13-19)14-20(27)10-11-28/h5,8-9,15-20,26,28H,4,6-7,10-14H2,1-3H3. The molecule has 4 atom stereocenters. The number of H-pyrrole nitrogens is 1. The lowest BCUT2D eigenvalue weighted by atomic mass is 9.75. The number of rotatable bonds is 7. The highest BCUT2D eigenvalue weighted by molar-refractivity contribution is 5.90. The zero-order chi connectivity index (χ0) is 21.3. The smallest absolute Gasteiger partial charge is 0.223 e. The second-order valence-electron chi connectivity index (χ2n) is 9.58. The van der Waals surface area contributed by atoms with Crippen molar-refractivity contribution in [3.8, 4) is 5.75 Å². The van der Waals surface area contributed by atoms with Crippen molar-refractivity contribution in [3.05, 3.63) is 30.0 Å². The lowest BCUT2D eigenvalue weighted by Crippen LogP contribution is -2.54. The number of aliphatic hydroxyl groups is 1. The average Bonchev–Trinajstić information content (AvgIpc) is 3.13. The number of ether oxygens (including phenoxy) is 1. The number of carbonyl (C=O) groups excluding carboxylic acids is 1. The van der Waals surface area contributed by atoms with Crippen LogP contribution in [0.25, 0.3) is 10.9 Å². The summed E-state index contributed by atoms with van der Waals surface area (Å²) in [5, 5.41) is 10.7. The van der Waals surface area contributed by atoms with Gasteiger partial charge in [-0.1, -0.05) is 25.8 Å². The minimum atomic E-state index is 0.0965. The molecule has 30 heavy (non-hydrogen) atoms. The van der Waals surface area contributed by atoms with Gasteiger partial charge in [0.2, 0.25) is 5.91 Å².